The lowest BCUT2D eigenvalue weighted by molar-refractivity contribution is 0.103. The van der Waals surface area contributed by atoms with Crippen molar-refractivity contribution in [2.24, 2.45) is 0 Å². The molecule has 94 valence electrons. The van der Waals surface area contributed by atoms with Crippen LogP contribution in [0.3, 0.4) is 0 Å². The summed E-state index contributed by atoms with van der Waals surface area (Å²) in [6, 6.07) is 7.76. The summed E-state index contributed by atoms with van der Waals surface area (Å²) in [5.74, 6) is -0.172. The molecule has 0 unspecified atom stereocenters. The highest BCUT2D eigenvalue weighted by atomic mass is 32.2. The van der Waals surface area contributed by atoms with E-state index in [0.717, 1.165) is 6.26 Å². The van der Waals surface area contributed by atoms with E-state index in [1.165, 1.54) is 24.7 Å². The second-order valence-corrected chi connectivity index (χ2v) is 5.54. The van der Waals surface area contributed by atoms with Crippen molar-refractivity contribution in [3.63, 3.8) is 0 Å². The fourth-order valence-corrected chi connectivity index (χ4v) is 2.03. The number of ketones is 1. The lowest BCUT2D eigenvalue weighted by atomic mass is 10.1. The molecule has 1 N–H and O–H groups in total. The highest BCUT2D eigenvalue weighted by Crippen LogP contribution is 2.14. The van der Waals surface area contributed by atoms with E-state index in [-0.39, 0.29) is 5.78 Å². The van der Waals surface area contributed by atoms with E-state index >= 15 is 0 Å². The third-order valence-electron chi connectivity index (χ3n) is 2.23. The molecular formula is C12H11NO4S. The molecule has 1 aromatic carbocycles. The van der Waals surface area contributed by atoms with Gasteiger partial charge in [-0.25, -0.2) is 8.42 Å². The van der Waals surface area contributed by atoms with E-state index in [1.54, 1.807) is 18.2 Å². The Morgan fingerprint density at radius 1 is 1.11 bits per heavy atom. The number of anilines is 1. The van der Waals surface area contributed by atoms with Gasteiger partial charge in [0.1, 0.15) is 6.26 Å². The summed E-state index contributed by atoms with van der Waals surface area (Å²) in [6.07, 6.45) is 3.86. The smallest absolute Gasteiger partial charge is 0.229 e. The first kappa shape index (κ1) is 12.4. The van der Waals surface area contributed by atoms with Gasteiger partial charge in [-0.2, -0.15) is 0 Å². The second-order valence-electron chi connectivity index (χ2n) is 3.79. The molecule has 0 aliphatic carbocycles. The topological polar surface area (TPSA) is 76.4 Å². The molecule has 0 bridgehead atoms. The predicted molar refractivity (Wildman–Crippen MR) is 67.0 cm³/mol. The van der Waals surface area contributed by atoms with Crippen LogP contribution in [0, 0.1) is 0 Å². The lowest BCUT2D eigenvalue weighted by Crippen LogP contribution is -2.09. The highest BCUT2D eigenvalue weighted by Gasteiger charge is 2.10. The first-order chi connectivity index (χ1) is 8.46. The zero-order chi connectivity index (χ0) is 13.2. The van der Waals surface area contributed by atoms with Gasteiger partial charge in [-0.05, 0) is 30.3 Å². The number of nitrogens with one attached hydrogen (secondary N) is 1. The minimum absolute atomic E-state index is 0.172. The third kappa shape index (κ3) is 2.98. The van der Waals surface area contributed by atoms with Gasteiger partial charge in [0, 0.05) is 11.3 Å². The Kier molecular flexibility index (Phi) is 3.20. The molecule has 0 amide bonds. The maximum absolute atomic E-state index is 11.9. The molecule has 0 aliphatic heterocycles. The molecule has 2 rings (SSSR count). The third-order valence-corrected chi connectivity index (χ3v) is 2.84. The van der Waals surface area contributed by atoms with Gasteiger partial charge in [-0.1, -0.05) is 0 Å². The van der Waals surface area contributed by atoms with Crippen LogP contribution in [0.4, 0.5) is 5.69 Å². The molecule has 18 heavy (non-hydrogen) atoms. The lowest BCUT2D eigenvalue weighted by Gasteiger charge is -2.04. The van der Waals surface area contributed by atoms with Crippen molar-refractivity contribution in [2.45, 2.75) is 0 Å². The van der Waals surface area contributed by atoms with Crippen molar-refractivity contribution in [3.05, 3.63) is 54.0 Å². The molecule has 1 aromatic heterocycles. The van der Waals surface area contributed by atoms with E-state index in [1.807, 2.05) is 0 Å². The van der Waals surface area contributed by atoms with Crippen LogP contribution in [0.15, 0.2) is 47.3 Å². The fraction of sp³-hybridized carbons (Fsp3) is 0.0833. The van der Waals surface area contributed by atoms with Crippen molar-refractivity contribution in [2.75, 3.05) is 11.0 Å². The molecule has 0 saturated carbocycles. The Balaban J connectivity index is 2.20. The van der Waals surface area contributed by atoms with E-state index in [0.29, 0.717) is 16.8 Å². The number of carbonyl (C=O) groups is 1. The number of hydrogen-bond donors (Lipinski definition) is 1. The van der Waals surface area contributed by atoms with Crippen LogP contribution in [0.25, 0.3) is 0 Å². The van der Waals surface area contributed by atoms with Crippen molar-refractivity contribution >= 4 is 21.5 Å². The van der Waals surface area contributed by atoms with Crippen molar-refractivity contribution in [1.29, 1.82) is 0 Å². The predicted octanol–water partition coefficient (Wildman–Crippen LogP) is 1.88. The van der Waals surface area contributed by atoms with E-state index in [4.69, 9.17) is 4.42 Å². The number of rotatable bonds is 4. The Hall–Kier alpha value is -2.08. The van der Waals surface area contributed by atoms with Crippen LogP contribution < -0.4 is 4.72 Å². The minimum atomic E-state index is -3.30. The molecule has 2 aromatic rings. The molecule has 5 nitrogen and oxygen atoms in total. The number of hydrogen-bond acceptors (Lipinski definition) is 4. The van der Waals surface area contributed by atoms with Gasteiger partial charge in [-0.3, -0.25) is 9.52 Å². The summed E-state index contributed by atoms with van der Waals surface area (Å²) in [5.41, 5.74) is 1.34. The fourth-order valence-electron chi connectivity index (χ4n) is 1.46. The molecule has 6 heteroatoms. The van der Waals surface area contributed by atoms with Crippen LogP contribution in [0.5, 0.6) is 0 Å². The van der Waals surface area contributed by atoms with Gasteiger partial charge < -0.3 is 4.42 Å². The molecule has 0 fully saturated rings. The van der Waals surface area contributed by atoms with Crippen LogP contribution in [-0.2, 0) is 10.0 Å². The SMILES string of the molecule is CS(=O)(=O)Nc1ccc(C(=O)c2ccoc2)cc1. The second kappa shape index (κ2) is 4.66. The maximum atomic E-state index is 11.9. The van der Waals surface area contributed by atoms with Crippen molar-refractivity contribution < 1.29 is 17.6 Å². The first-order valence-electron chi connectivity index (χ1n) is 5.10. The molecule has 0 saturated heterocycles. The Morgan fingerprint density at radius 2 is 1.78 bits per heavy atom. The van der Waals surface area contributed by atoms with Crippen LogP contribution in [-0.4, -0.2) is 20.5 Å². The zero-order valence-electron chi connectivity index (χ0n) is 9.58. The summed E-state index contributed by atoms with van der Waals surface area (Å²) in [5, 5.41) is 0. The Morgan fingerprint density at radius 3 is 2.28 bits per heavy atom. The van der Waals surface area contributed by atoms with Gasteiger partial charge >= 0.3 is 0 Å². The zero-order valence-corrected chi connectivity index (χ0v) is 10.4. The average Bonchev–Trinajstić information content (AvgIpc) is 2.80. The Labute approximate surface area is 104 Å². The van der Waals surface area contributed by atoms with Crippen molar-refractivity contribution in [1.82, 2.24) is 0 Å². The standard InChI is InChI=1S/C12H11NO4S/c1-18(15,16)13-11-4-2-9(3-5-11)12(14)10-6-7-17-8-10/h2-8,13H,1H3. The molecule has 0 atom stereocenters. The molecule has 1 heterocycles. The van der Waals surface area contributed by atoms with Gasteiger partial charge in [0.2, 0.25) is 10.0 Å². The van der Waals surface area contributed by atoms with Gasteiger partial charge in [-0.15, -0.1) is 0 Å². The van der Waals surface area contributed by atoms with E-state index < -0.39 is 10.0 Å². The highest BCUT2D eigenvalue weighted by molar-refractivity contribution is 7.92. The largest absolute Gasteiger partial charge is 0.472 e. The summed E-state index contributed by atoms with van der Waals surface area (Å²) in [4.78, 5) is 11.9. The van der Waals surface area contributed by atoms with E-state index in [9.17, 15) is 13.2 Å². The average molecular weight is 265 g/mol. The molecule has 0 radical (unpaired) electrons. The van der Waals surface area contributed by atoms with Crippen LogP contribution >= 0.6 is 0 Å². The summed E-state index contributed by atoms with van der Waals surface area (Å²) < 4.78 is 29.2. The normalized spacial score (nSPS) is 11.2. The minimum Gasteiger partial charge on any atom is -0.472 e. The van der Waals surface area contributed by atoms with Crippen molar-refractivity contribution in [3.8, 4) is 0 Å². The van der Waals surface area contributed by atoms with Crippen LogP contribution in [0.1, 0.15) is 15.9 Å². The first-order valence-corrected chi connectivity index (χ1v) is 6.99. The number of sulfonamides is 1. The molecular weight excluding hydrogens is 254 g/mol. The van der Waals surface area contributed by atoms with Gasteiger partial charge in [0.25, 0.3) is 0 Å². The summed E-state index contributed by atoms with van der Waals surface area (Å²) in [6.45, 7) is 0. The summed E-state index contributed by atoms with van der Waals surface area (Å²) >= 11 is 0. The van der Waals surface area contributed by atoms with Crippen LogP contribution in [0.2, 0.25) is 0 Å². The number of benzene rings is 1. The Bertz CT molecular complexity index is 642. The van der Waals surface area contributed by atoms with Gasteiger partial charge in [0.05, 0.1) is 18.1 Å². The molecule has 0 spiro atoms. The number of furan rings is 1. The maximum Gasteiger partial charge on any atom is 0.229 e. The van der Waals surface area contributed by atoms with E-state index in [2.05, 4.69) is 4.72 Å². The quantitative estimate of drug-likeness (QED) is 0.856. The molecule has 0 aliphatic rings. The monoisotopic (exact) mass is 265 g/mol. The van der Waals surface area contributed by atoms with Gasteiger partial charge in [0.15, 0.2) is 5.78 Å². The number of carbonyl (C=O) groups excluding carboxylic acids is 1. The summed E-state index contributed by atoms with van der Waals surface area (Å²) in [7, 11) is -3.30.